The zero-order valence-corrected chi connectivity index (χ0v) is 12.2. The standard InChI is InChI=1S/C17H10F2N2O3/c18-9-5-6-13(12(19)7-9)20-17(22)15-11-8-23-14-4-2-1-3-10(14)16(11)24-21-15/h1-7H,8H2,(H,20,22). The van der Waals surface area contributed by atoms with E-state index >= 15 is 0 Å². The molecule has 1 N–H and O–H groups in total. The van der Waals surface area contributed by atoms with Crippen molar-refractivity contribution < 1.29 is 22.8 Å². The molecule has 0 fully saturated rings. The molecule has 0 saturated heterocycles. The van der Waals surface area contributed by atoms with E-state index in [-0.39, 0.29) is 18.0 Å². The van der Waals surface area contributed by atoms with Gasteiger partial charge in [0.15, 0.2) is 11.5 Å². The highest BCUT2D eigenvalue weighted by atomic mass is 19.1. The van der Waals surface area contributed by atoms with E-state index in [0.717, 1.165) is 12.1 Å². The highest BCUT2D eigenvalue weighted by Crippen LogP contribution is 2.38. The Morgan fingerprint density at radius 1 is 1.17 bits per heavy atom. The van der Waals surface area contributed by atoms with Gasteiger partial charge in [0.05, 0.1) is 16.8 Å². The number of anilines is 1. The number of benzene rings is 2. The van der Waals surface area contributed by atoms with Crippen LogP contribution in [0.3, 0.4) is 0 Å². The van der Waals surface area contributed by atoms with Crippen LogP contribution in [0.4, 0.5) is 14.5 Å². The van der Waals surface area contributed by atoms with Crippen LogP contribution in [0.2, 0.25) is 0 Å². The molecule has 1 aromatic heterocycles. The van der Waals surface area contributed by atoms with Crippen LogP contribution in [0.25, 0.3) is 11.3 Å². The summed E-state index contributed by atoms with van der Waals surface area (Å²) < 4.78 is 37.5. The molecule has 0 spiro atoms. The summed E-state index contributed by atoms with van der Waals surface area (Å²) in [6.45, 7) is 0.116. The van der Waals surface area contributed by atoms with Crippen molar-refractivity contribution in [3.8, 4) is 17.1 Å². The third-order valence-corrected chi connectivity index (χ3v) is 3.69. The number of hydrogen-bond acceptors (Lipinski definition) is 4. The lowest BCUT2D eigenvalue weighted by atomic mass is 10.0. The second kappa shape index (κ2) is 5.45. The number of halogens is 2. The van der Waals surface area contributed by atoms with E-state index in [0.29, 0.717) is 28.7 Å². The van der Waals surface area contributed by atoms with E-state index in [1.54, 1.807) is 12.1 Å². The van der Waals surface area contributed by atoms with Gasteiger partial charge < -0.3 is 14.6 Å². The van der Waals surface area contributed by atoms with Gasteiger partial charge in [-0.05, 0) is 24.3 Å². The number of rotatable bonds is 2. The van der Waals surface area contributed by atoms with Gasteiger partial charge in [-0.1, -0.05) is 17.3 Å². The van der Waals surface area contributed by atoms with Gasteiger partial charge in [-0.3, -0.25) is 4.79 Å². The van der Waals surface area contributed by atoms with Crippen molar-refractivity contribution in [2.75, 3.05) is 5.32 Å². The largest absolute Gasteiger partial charge is 0.488 e. The highest BCUT2D eigenvalue weighted by Gasteiger charge is 2.28. The topological polar surface area (TPSA) is 64.4 Å². The normalized spacial score (nSPS) is 12.1. The van der Waals surface area contributed by atoms with E-state index in [1.807, 2.05) is 12.1 Å². The zero-order valence-electron chi connectivity index (χ0n) is 12.2. The summed E-state index contributed by atoms with van der Waals surface area (Å²) in [4.78, 5) is 12.3. The molecule has 1 aliphatic rings. The van der Waals surface area contributed by atoms with Crippen molar-refractivity contribution in [2.45, 2.75) is 6.61 Å². The summed E-state index contributed by atoms with van der Waals surface area (Å²) in [6.07, 6.45) is 0. The summed E-state index contributed by atoms with van der Waals surface area (Å²) in [5, 5.41) is 6.13. The van der Waals surface area contributed by atoms with Crippen molar-refractivity contribution in [3.05, 3.63) is 65.4 Å². The van der Waals surface area contributed by atoms with Crippen LogP contribution in [-0.4, -0.2) is 11.1 Å². The minimum absolute atomic E-state index is 0.00299. The number of carbonyl (C=O) groups excluding carboxylic acids is 1. The Kier molecular flexibility index (Phi) is 3.26. The third-order valence-electron chi connectivity index (χ3n) is 3.69. The number of nitrogens with one attached hydrogen (secondary N) is 1. The van der Waals surface area contributed by atoms with Gasteiger partial charge in [0.25, 0.3) is 5.91 Å². The van der Waals surface area contributed by atoms with Crippen molar-refractivity contribution in [1.82, 2.24) is 5.16 Å². The molecule has 7 heteroatoms. The minimum atomic E-state index is -0.873. The van der Waals surface area contributed by atoms with Crippen LogP contribution >= 0.6 is 0 Å². The number of amides is 1. The maximum Gasteiger partial charge on any atom is 0.278 e. The Bertz CT molecular complexity index is 953. The first-order valence-electron chi connectivity index (χ1n) is 7.10. The fourth-order valence-electron chi connectivity index (χ4n) is 2.54. The Balaban J connectivity index is 1.67. The lowest BCUT2D eigenvalue weighted by Gasteiger charge is -2.15. The van der Waals surface area contributed by atoms with Gasteiger partial charge in [-0.25, -0.2) is 8.78 Å². The lowest BCUT2D eigenvalue weighted by Crippen LogP contribution is -2.17. The maximum absolute atomic E-state index is 13.7. The van der Waals surface area contributed by atoms with Crippen molar-refractivity contribution >= 4 is 11.6 Å². The predicted octanol–water partition coefficient (Wildman–Crippen LogP) is 3.76. The van der Waals surface area contributed by atoms with Crippen LogP contribution in [0.1, 0.15) is 16.1 Å². The van der Waals surface area contributed by atoms with Crippen molar-refractivity contribution in [1.29, 1.82) is 0 Å². The smallest absolute Gasteiger partial charge is 0.278 e. The summed E-state index contributed by atoms with van der Waals surface area (Å²) in [7, 11) is 0. The predicted molar refractivity (Wildman–Crippen MR) is 80.6 cm³/mol. The van der Waals surface area contributed by atoms with Gasteiger partial charge in [0.2, 0.25) is 0 Å². The Morgan fingerprint density at radius 3 is 2.83 bits per heavy atom. The average Bonchev–Trinajstić information content (AvgIpc) is 3.02. The van der Waals surface area contributed by atoms with Crippen molar-refractivity contribution in [2.24, 2.45) is 0 Å². The molecule has 24 heavy (non-hydrogen) atoms. The fourth-order valence-corrected chi connectivity index (χ4v) is 2.54. The molecule has 0 aliphatic carbocycles. The minimum Gasteiger partial charge on any atom is -0.488 e. The van der Waals surface area contributed by atoms with E-state index < -0.39 is 17.5 Å². The Labute approximate surface area is 134 Å². The van der Waals surface area contributed by atoms with Crippen molar-refractivity contribution in [3.63, 3.8) is 0 Å². The van der Waals surface area contributed by atoms with Gasteiger partial charge in [0, 0.05) is 6.07 Å². The second-order valence-electron chi connectivity index (χ2n) is 5.20. The lowest BCUT2D eigenvalue weighted by molar-refractivity contribution is 0.101. The molecule has 1 aliphatic heterocycles. The number of carbonyl (C=O) groups is 1. The monoisotopic (exact) mass is 328 g/mol. The van der Waals surface area contributed by atoms with Crippen LogP contribution in [0.5, 0.6) is 5.75 Å². The number of nitrogens with zero attached hydrogens (tertiary/aromatic N) is 1. The third kappa shape index (κ3) is 2.30. The number of ether oxygens (including phenoxy) is 1. The molecule has 0 saturated carbocycles. The SMILES string of the molecule is O=C(Nc1ccc(F)cc1F)c1noc2c1COc1ccccc1-2. The molecule has 0 atom stereocenters. The summed E-state index contributed by atoms with van der Waals surface area (Å²) in [5.74, 6) is -1.18. The molecule has 0 unspecified atom stereocenters. The van der Waals surface area contributed by atoms with Crippen LogP contribution in [0, 0.1) is 11.6 Å². The molecule has 120 valence electrons. The maximum atomic E-state index is 13.7. The van der Waals surface area contributed by atoms with E-state index in [2.05, 4.69) is 10.5 Å². The zero-order chi connectivity index (χ0) is 16.7. The summed E-state index contributed by atoms with van der Waals surface area (Å²) in [6, 6.07) is 10.1. The van der Waals surface area contributed by atoms with E-state index in [9.17, 15) is 13.6 Å². The average molecular weight is 328 g/mol. The molecule has 5 nitrogen and oxygen atoms in total. The molecule has 4 rings (SSSR count). The number of para-hydroxylation sites is 1. The van der Waals surface area contributed by atoms with Gasteiger partial charge >= 0.3 is 0 Å². The summed E-state index contributed by atoms with van der Waals surface area (Å²) >= 11 is 0. The van der Waals surface area contributed by atoms with E-state index in [1.165, 1.54) is 0 Å². The molecule has 2 aromatic carbocycles. The molecule has 0 bridgehead atoms. The first-order valence-corrected chi connectivity index (χ1v) is 7.10. The fraction of sp³-hybridized carbons (Fsp3) is 0.0588. The van der Waals surface area contributed by atoms with Gasteiger partial charge in [-0.2, -0.15) is 0 Å². The first kappa shape index (κ1) is 14.4. The number of aromatic nitrogens is 1. The van der Waals surface area contributed by atoms with Gasteiger partial charge in [0.1, 0.15) is 24.0 Å². The van der Waals surface area contributed by atoms with Gasteiger partial charge in [-0.15, -0.1) is 0 Å². The molecule has 3 aromatic rings. The quantitative estimate of drug-likeness (QED) is 0.778. The molecular formula is C17H10F2N2O3. The Hall–Kier alpha value is -3.22. The second-order valence-corrected chi connectivity index (χ2v) is 5.20. The first-order chi connectivity index (χ1) is 11.6. The van der Waals surface area contributed by atoms with Crippen LogP contribution in [-0.2, 0) is 6.61 Å². The highest BCUT2D eigenvalue weighted by molar-refractivity contribution is 6.04. The Morgan fingerprint density at radius 2 is 2.00 bits per heavy atom. The van der Waals surface area contributed by atoms with E-state index in [4.69, 9.17) is 9.26 Å². The number of fused-ring (bicyclic) bond motifs is 3. The molecule has 1 amide bonds. The molecular weight excluding hydrogens is 318 g/mol. The molecule has 2 heterocycles. The summed E-state index contributed by atoms with van der Waals surface area (Å²) in [5.41, 5.74) is 1.03. The number of hydrogen-bond donors (Lipinski definition) is 1. The van der Waals surface area contributed by atoms with Crippen LogP contribution in [0.15, 0.2) is 47.0 Å². The van der Waals surface area contributed by atoms with Crippen LogP contribution < -0.4 is 10.1 Å². The molecule has 0 radical (unpaired) electrons.